The minimum absolute atomic E-state index is 0.156. The maximum Gasteiger partial charge on any atom is 0.266 e. The van der Waals surface area contributed by atoms with Crippen molar-refractivity contribution in [3.8, 4) is 17.0 Å². The van der Waals surface area contributed by atoms with Gasteiger partial charge in [-0.2, -0.15) is 5.10 Å². The standard InChI is InChI=1S/C22H23N3O5S/c1-30-18-9-7-17(8-10-18)20-11-12-22(27)25(24-20)15-14-23-21(26)13-16-31(28,29)19-5-3-2-4-6-19/h2-12H,13-16H2,1H3,(H,23,26). The first-order valence-corrected chi connectivity index (χ1v) is 11.3. The molecule has 9 heteroatoms. The molecule has 0 bridgehead atoms. The number of aromatic nitrogens is 2. The van der Waals surface area contributed by atoms with Gasteiger partial charge in [0.05, 0.1) is 30.0 Å². The number of nitrogens with zero attached hydrogens (tertiary/aromatic N) is 2. The highest BCUT2D eigenvalue weighted by Crippen LogP contribution is 2.19. The van der Waals surface area contributed by atoms with Gasteiger partial charge in [-0.15, -0.1) is 0 Å². The highest BCUT2D eigenvalue weighted by Gasteiger charge is 2.16. The van der Waals surface area contributed by atoms with Crippen molar-refractivity contribution in [2.45, 2.75) is 17.9 Å². The molecule has 31 heavy (non-hydrogen) atoms. The van der Waals surface area contributed by atoms with Crippen LogP contribution in [-0.4, -0.2) is 43.5 Å². The first kappa shape index (κ1) is 22.2. The van der Waals surface area contributed by atoms with Gasteiger partial charge in [-0.1, -0.05) is 18.2 Å². The molecule has 2 aromatic carbocycles. The predicted octanol–water partition coefficient (Wildman–Crippen LogP) is 1.90. The van der Waals surface area contributed by atoms with Crippen LogP contribution in [0, 0.1) is 0 Å². The average Bonchev–Trinajstić information content (AvgIpc) is 2.80. The molecule has 0 fully saturated rings. The first-order valence-electron chi connectivity index (χ1n) is 9.66. The summed E-state index contributed by atoms with van der Waals surface area (Å²) in [4.78, 5) is 24.3. The quantitative estimate of drug-likeness (QED) is 0.543. The lowest BCUT2D eigenvalue weighted by Crippen LogP contribution is -2.32. The van der Waals surface area contributed by atoms with Crippen molar-refractivity contribution in [2.24, 2.45) is 0 Å². The SMILES string of the molecule is COc1ccc(-c2ccc(=O)n(CCNC(=O)CCS(=O)(=O)c3ccccc3)n2)cc1. The average molecular weight is 442 g/mol. The van der Waals surface area contributed by atoms with E-state index in [2.05, 4.69) is 10.4 Å². The Balaban J connectivity index is 1.55. The van der Waals surface area contributed by atoms with Gasteiger partial charge in [0.1, 0.15) is 5.75 Å². The fraction of sp³-hybridized carbons (Fsp3) is 0.227. The predicted molar refractivity (Wildman–Crippen MR) is 117 cm³/mol. The molecule has 1 amide bonds. The van der Waals surface area contributed by atoms with Crippen molar-refractivity contribution in [1.82, 2.24) is 15.1 Å². The number of methoxy groups -OCH3 is 1. The van der Waals surface area contributed by atoms with E-state index in [1.807, 2.05) is 12.1 Å². The van der Waals surface area contributed by atoms with Crippen molar-refractivity contribution in [3.05, 3.63) is 77.1 Å². The maximum atomic E-state index is 12.2. The maximum absolute atomic E-state index is 12.2. The Morgan fingerprint density at radius 3 is 2.42 bits per heavy atom. The number of carbonyl (C=O) groups excluding carboxylic acids is 1. The zero-order valence-electron chi connectivity index (χ0n) is 17.0. The topological polar surface area (TPSA) is 107 Å². The second kappa shape index (κ2) is 10.0. The number of ether oxygens (including phenoxy) is 1. The van der Waals surface area contributed by atoms with Gasteiger partial charge >= 0.3 is 0 Å². The fourth-order valence-corrected chi connectivity index (χ4v) is 4.15. The Labute approximate surface area is 180 Å². The van der Waals surface area contributed by atoms with E-state index in [-0.39, 0.29) is 35.7 Å². The highest BCUT2D eigenvalue weighted by molar-refractivity contribution is 7.91. The van der Waals surface area contributed by atoms with E-state index < -0.39 is 15.7 Å². The minimum atomic E-state index is -3.52. The van der Waals surface area contributed by atoms with Crippen LogP contribution in [0.5, 0.6) is 5.75 Å². The molecule has 0 saturated carbocycles. The van der Waals surface area contributed by atoms with Gasteiger partial charge < -0.3 is 10.1 Å². The van der Waals surface area contributed by atoms with Crippen molar-refractivity contribution < 1.29 is 17.9 Å². The molecule has 0 aliphatic carbocycles. The smallest absolute Gasteiger partial charge is 0.266 e. The molecule has 0 aliphatic heterocycles. The van der Waals surface area contributed by atoms with Crippen LogP contribution < -0.4 is 15.6 Å². The monoisotopic (exact) mass is 441 g/mol. The Kier molecular flexibility index (Phi) is 7.19. The van der Waals surface area contributed by atoms with Gasteiger partial charge in [0, 0.05) is 24.6 Å². The third-order valence-corrected chi connectivity index (χ3v) is 6.33. The molecule has 3 aromatic rings. The van der Waals surface area contributed by atoms with Crippen LogP contribution in [0.2, 0.25) is 0 Å². The third-order valence-electron chi connectivity index (χ3n) is 4.60. The van der Waals surface area contributed by atoms with Crippen LogP contribution in [-0.2, 0) is 21.2 Å². The Hall–Kier alpha value is -3.46. The highest BCUT2D eigenvalue weighted by atomic mass is 32.2. The number of hydrogen-bond acceptors (Lipinski definition) is 6. The Bertz CT molecular complexity index is 1190. The molecule has 3 rings (SSSR count). The first-order chi connectivity index (χ1) is 14.9. The molecule has 8 nitrogen and oxygen atoms in total. The molecule has 162 valence electrons. The number of sulfone groups is 1. The number of rotatable bonds is 9. The summed E-state index contributed by atoms with van der Waals surface area (Å²) in [6.07, 6.45) is -0.161. The van der Waals surface area contributed by atoms with Crippen molar-refractivity contribution >= 4 is 15.7 Å². The van der Waals surface area contributed by atoms with Gasteiger partial charge in [0.2, 0.25) is 5.91 Å². The van der Waals surface area contributed by atoms with Crippen LogP contribution in [0.4, 0.5) is 0 Å². The number of hydrogen-bond donors (Lipinski definition) is 1. The lowest BCUT2D eigenvalue weighted by Gasteiger charge is -2.09. The van der Waals surface area contributed by atoms with Crippen molar-refractivity contribution in [2.75, 3.05) is 19.4 Å². The molecule has 1 N–H and O–H groups in total. The van der Waals surface area contributed by atoms with E-state index in [0.29, 0.717) is 11.4 Å². The van der Waals surface area contributed by atoms with E-state index in [0.717, 1.165) is 5.56 Å². The lowest BCUT2D eigenvalue weighted by atomic mass is 10.1. The molecule has 1 heterocycles. The molecule has 0 atom stereocenters. The summed E-state index contributed by atoms with van der Waals surface area (Å²) in [6, 6.07) is 18.3. The molecule has 0 spiro atoms. The number of amides is 1. The van der Waals surface area contributed by atoms with Crippen LogP contribution >= 0.6 is 0 Å². The molecular weight excluding hydrogens is 418 g/mol. The van der Waals surface area contributed by atoms with Crippen LogP contribution in [0.25, 0.3) is 11.3 Å². The second-order valence-electron chi connectivity index (χ2n) is 6.74. The molecular formula is C22H23N3O5S. The Morgan fingerprint density at radius 1 is 1.03 bits per heavy atom. The summed E-state index contributed by atoms with van der Waals surface area (Å²) < 4.78 is 30.9. The minimum Gasteiger partial charge on any atom is -0.497 e. The summed E-state index contributed by atoms with van der Waals surface area (Å²) in [6.45, 7) is 0.323. The largest absolute Gasteiger partial charge is 0.497 e. The number of nitrogens with one attached hydrogen (secondary N) is 1. The van der Waals surface area contributed by atoms with Gasteiger partial charge in [-0.05, 0) is 42.5 Å². The molecule has 0 radical (unpaired) electrons. The van der Waals surface area contributed by atoms with Crippen LogP contribution in [0.1, 0.15) is 6.42 Å². The molecule has 0 saturated heterocycles. The molecule has 0 aliphatic rings. The summed E-state index contributed by atoms with van der Waals surface area (Å²) in [5.41, 5.74) is 1.14. The van der Waals surface area contributed by atoms with E-state index in [1.54, 1.807) is 43.5 Å². The normalized spacial score (nSPS) is 11.1. The molecule has 0 unspecified atom stereocenters. The summed E-state index contributed by atoms with van der Waals surface area (Å²) >= 11 is 0. The summed E-state index contributed by atoms with van der Waals surface area (Å²) in [7, 11) is -1.94. The van der Waals surface area contributed by atoms with Gasteiger partial charge in [-0.25, -0.2) is 13.1 Å². The van der Waals surface area contributed by atoms with Gasteiger partial charge in [0.25, 0.3) is 5.56 Å². The van der Waals surface area contributed by atoms with Crippen molar-refractivity contribution in [3.63, 3.8) is 0 Å². The van der Waals surface area contributed by atoms with E-state index in [1.165, 1.54) is 22.9 Å². The lowest BCUT2D eigenvalue weighted by molar-refractivity contribution is -0.120. The van der Waals surface area contributed by atoms with Crippen molar-refractivity contribution in [1.29, 1.82) is 0 Å². The number of carbonyl (C=O) groups is 1. The summed E-state index contributed by atoms with van der Waals surface area (Å²) in [5.74, 6) is 0.0292. The Morgan fingerprint density at radius 2 is 1.74 bits per heavy atom. The zero-order valence-corrected chi connectivity index (χ0v) is 17.8. The molecule has 1 aromatic heterocycles. The summed E-state index contributed by atoms with van der Waals surface area (Å²) in [5, 5.41) is 6.97. The van der Waals surface area contributed by atoms with Gasteiger partial charge in [0.15, 0.2) is 9.84 Å². The third kappa shape index (κ3) is 6.02. The fourth-order valence-electron chi connectivity index (χ4n) is 2.89. The van der Waals surface area contributed by atoms with E-state index in [4.69, 9.17) is 4.74 Å². The van der Waals surface area contributed by atoms with Gasteiger partial charge in [-0.3, -0.25) is 9.59 Å². The number of benzene rings is 2. The second-order valence-corrected chi connectivity index (χ2v) is 8.85. The van der Waals surface area contributed by atoms with E-state index in [9.17, 15) is 18.0 Å². The van der Waals surface area contributed by atoms with Crippen LogP contribution in [0.3, 0.4) is 0 Å². The van der Waals surface area contributed by atoms with Crippen LogP contribution in [0.15, 0.2) is 76.4 Å². The van der Waals surface area contributed by atoms with E-state index >= 15 is 0 Å². The zero-order chi connectivity index (χ0) is 22.3.